The van der Waals surface area contributed by atoms with Gasteiger partial charge in [-0.2, -0.15) is 0 Å². The Morgan fingerprint density at radius 1 is 1.56 bits per heavy atom. The lowest BCUT2D eigenvalue weighted by atomic mass is 10.5. The number of hydrogen-bond acceptors (Lipinski definition) is 3. The Morgan fingerprint density at radius 3 is 2.44 bits per heavy atom. The summed E-state index contributed by atoms with van der Waals surface area (Å²) in [7, 11) is 0. The molecular weight excluding hydrogens is 146 g/mol. The molecule has 9 heavy (non-hydrogen) atoms. The van der Waals surface area contributed by atoms with Crippen LogP contribution in [0.3, 0.4) is 0 Å². The average Bonchev–Trinajstić information content (AvgIpc) is 1.83. The van der Waals surface area contributed by atoms with Crippen LogP contribution in [-0.4, -0.2) is 24.4 Å². The predicted molar refractivity (Wildman–Crippen MR) is 31.3 cm³/mol. The molecule has 0 radical (unpaired) electrons. The molecule has 0 atom stereocenters. The highest BCUT2D eigenvalue weighted by atomic mass is 35.5. The molecule has 0 aliphatic carbocycles. The van der Waals surface area contributed by atoms with E-state index in [1.54, 1.807) is 0 Å². The van der Waals surface area contributed by atoms with Crippen LogP contribution in [0.2, 0.25) is 0 Å². The van der Waals surface area contributed by atoms with Crippen molar-refractivity contribution in [1.82, 2.24) is 0 Å². The Kier molecular flexibility index (Phi) is 3.79. The van der Waals surface area contributed by atoms with E-state index >= 15 is 0 Å². The molecule has 0 aromatic carbocycles. The number of hydrogen-bond donors (Lipinski definition) is 1. The van der Waals surface area contributed by atoms with Crippen molar-refractivity contribution in [2.75, 3.05) is 12.5 Å². The third-order valence-corrected chi connectivity index (χ3v) is 0.823. The van der Waals surface area contributed by atoms with E-state index in [2.05, 4.69) is 10.5 Å². The highest BCUT2D eigenvalue weighted by Gasteiger charge is 2.00. The van der Waals surface area contributed by atoms with Crippen LogP contribution in [0, 0.1) is 0 Å². The fourth-order valence-electron chi connectivity index (χ4n) is 0.190. The summed E-state index contributed by atoms with van der Waals surface area (Å²) >= 11 is 5.05. The SMILES string of the molecule is NC(=O)OCC(=O)CCl. The van der Waals surface area contributed by atoms with E-state index in [1.165, 1.54) is 0 Å². The first kappa shape index (κ1) is 8.23. The minimum Gasteiger partial charge on any atom is -0.442 e. The summed E-state index contributed by atoms with van der Waals surface area (Å²) in [5, 5.41) is 0. The van der Waals surface area contributed by atoms with E-state index in [0.29, 0.717) is 0 Å². The quantitative estimate of drug-likeness (QED) is 0.573. The van der Waals surface area contributed by atoms with Crippen molar-refractivity contribution < 1.29 is 14.3 Å². The van der Waals surface area contributed by atoms with E-state index in [4.69, 9.17) is 11.6 Å². The number of amides is 1. The topological polar surface area (TPSA) is 69.4 Å². The number of rotatable bonds is 3. The van der Waals surface area contributed by atoms with Crippen LogP contribution in [0.4, 0.5) is 4.79 Å². The van der Waals surface area contributed by atoms with Gasteiger partial charge in [0.1, 0.15) is 0 Å². The number of carbonyl (C=O) groups excluding carboxylic acids is 2. The van der Waals surface area contributed by atoms with Crippen molar-refractivity contribution in [3.63, 3.8) is 0 Å². The molecule has 0 aromatic rings. The maximum absolute atomic E-state index is 10.3. The van der Waals surface area contributed by atoms with Crippen molar-refractivity contribution >= 4 is 23.5 Å². The van der Waals surface area contributed by atoms with Gasteiger partial charge in [-0.3, -0.25) is 4.79 Å². The zero-order chi connectivity index (χ0) is 7.28. The molecule has 0 aliphatic heterocycles. The van der Waals surface area contributed by atoms with E-state index in [9.17, 15) is 9.59 Å². The minimum absolute atomic E-state index is 0.159. The molecule has 0 aromatic heterocycles. The van der Waals surface area contributed by atoms with Crippen molar-refractivity contribution in [2.24, 2.45) is 5.73 Å². The number of ketones is 1. The first-order valence-electron chi connectivity index (χ1n) is 2.16. The fourth-order valence-corrected chi connectivity index (χ4v) is 0.267. The van der Waals surface area contributed by atoms with Gasteiger partial charge >= 0.3 is 6.09 Å². The molecule has 0 aliphatic rings. The van der Waals surface area contributed by atoms with Crippen LogP contribution in [-0.2, 0) is 9.53 Å². The number of primary amides is 1. The molecule has 4 nitrogen and oxygen atoms in total. The number of carbonyl (C=O) groups is 2. The third-order valence-electron chi connectivity index (χ3n) is 0.524. The third kappa shape index (κ3) is 5.10. The summed E-state index contributed by atoms with van der Waals surface area (Å²) in [6.07, 6.45) is -0.964. The van der Waals surface area contributed by atoms with Crippen molar-refractivity contribution in [1.29, 1.82) is 0 Å². The fraction of sp³-hybridized carbons (Fsp3) is 0.500. The monoisotopic (exact) mass is 151 g/mol. The van der Waals surface area contributed by atoms with Gasteiger partial charge in [0.2, 0.25) is 0 Å². The van der Waals surface area contributed by atoms with E-state index < -0.39 is 6.09 Å². The van der Waals surface area contributed by atoms with Crippen molar-refractivity contribution in [3.8, 4) is 0 Å². The van der Waals surface area contributed by atoms with Gasteiger partial charge < -0.3 is 10.5 Å². The first-order valence-corrected chi connectivity index (χ1v) is 2.70. The van der Waals surface area contributed by atoms with Gasteiger partial charge in [0, 0.05) is 0 Å². The second-order valence-corrected chi connectivity index (χ2v) is 1.55. The van der Waals surface area contributed by atoms with Gasteiger partial charge in [0.25, 0.3) is 0 Å². The van der Waals surface area contributed by atoms with Gasteiger partial charge in [-0.25, -0.2) is 4.79 Å². The molecule has 0 saturated carbocycles. The van der Waals surface area contributed by atoms with Gasteiger partial charge in [0.05, 0.1) is 5.88 Å². The Morgan fingerprint density at radius 2 is 2.11 bits per heavy atom. The lowest BCUT2D eigenvalue weighted by Crippen LogP contribution is -2.19. The molecule has 0 fully saturated rings. The standard InChI is InChI=1S/C4H6ClNO3/c5-1-3(7)2-9-4(6)8/h1-2H2,(H2,6,8). The molecule has 5 heteroatoms. The zero-order valence-corrected chi connectivity index (χ0v) is 5.35. The number of Topliss-reactive ketones (excluding diaryl/α,β-unsaturated/α-hetero) is 1. The number of ether oxygens (including phenoxy) is 1. The summed E-state index contributed by atoms with van der Waals surface area (Å²) in [4.78, 5) is 20.1. The van der Waals surface area contributed by atoms with E-state index in [-0.39, 0.29) is 18.3 Å². The van der Waals surface area contributed by atoms with Crippen LogP contribution >= 0.6 is 11.6 Å². The van der Waals surface area contributed by atoms with Crippen molar-refractivity contribution in [3.05, 3.63) is 0 Å². The molecule has 0 bridgehead atoms. The first-order chi connectivity index (χ1) is 4.16. The van der Waals surface area contributed by atoms with Gasteiger partial charge in [0.15, 0.2) is 12.4 Å². The largest absolute Gasteiger partial charge is 0.442 e. The average molecular weight is 152 g/mol. The van der Waals surface area contributed by atoms with Crippen molar-refractivity contribution in [2.45, 2.75) is 0 Å². The maximum Gasteiger partial charge on any atom is 0.404 e. The number of nitrogens with two attached hydrogens (primary N) is 1. The van der Waals surface area contributed by atoms with Crippen LogP contribution in [0.15, 0.2) is 0 Å². The number of alkyl halides is 1. The second kappa shape index (κ2) is 4.14. The molecule has 0 unspecified atom stereocenters. The molecule has 0 rings (SSSR count). The van der Waals surface area contributed by atoms with Gasteiger partial charge in [-0.1, -0.05) is 0 Å². The molecule has 0 heterocycles. The van der Waals surface area contributed by atoms with Gasteiger partial charge in [-0.15, -0.1) is 11.6 Å². The van der Waals surface area contributed by atoms with Crippen LogP contribution < -0.4 is 5.73 Å². The molecule has 0 spiro atoms. The van der Waals surface area contributed by atoms with E-state index in [1.807, 2.05) is 0 Å². The predicted octanol–water partition coefficient (Wildman–Crippen LogP) is -0.110. The van der Waals surface area contributed by atoms with Crippen LogP contribution in [0.5, 0.6) is 0 Å². The zero-order valence-electron chi connectivity index (χ0n) is 4.59. The summed E-state index contributed by atoms with van der Waals surface area (Å²) in [5.41, 5.74) is 4.54. The summed E-state index contributed by atoms with van der Waals surface area (Å²) in [6.45, 7) is -0.334. The lowest BCUT2D eigenvalue weighted by molar-refractivity contribution is -0.119. The summed E-state index contributed by atoms with van der Waals surface area (Å²) < 4.78 is 4.10. The minimum atomic E-state index is -0.964. The maximum atomic E-state index is 10.3. The normalized spacial score (nSPS) is 8.56. The Balaban J connectivity index is 3.28. The second-order valence-electron chi connectivity index (χ2n) is 1.28. The Hall–Kier alpha value is -0.770. The molecule has 1 amide bonds. The van der Waals surface area contributed by atoms with E-state index in [0.717, 1.165) is 0 Å². The lowest BCUT2D eigenvalue weighted by Gasteiger charge is -1.95. The molecule has 2 N–H and O–H groups in total. The Bertz CT molecular complexity index is 125. The highest BCUT2D eigenvalue weighted by molar-refractivity contribution is 6.27. The molecular formula is C4H6ClNO3. The smallest absolute Gasteiger partial charge is 0.404 e. The summed E-state index contributed by atoms with van der Waals surface area (Å²) in [5.74, 6) is -0.525. The van der Waals surface area contributed by atoms with Gasteiger partial charge in [-0.05, 0) is 0 Å². The Labute approximate surface area is 56.9 Å². The van der Waals surface area contributed by atoms with Crippen LogP contribution in [0.1, 0.15) is 0 Å². The summed E-state index contributed by atoms with van der Waals surface area (Å²) in [6, 6.07) is 0. The van der Waals surface area contributed by atoms with Crippen LogP contribution in [0.25, 0.3) is 0 Å². The highest BCUT2D eigenvalue weighted by Crippen LogP contribution is 1.80. The molecule has 52 valence electrons. The molecule has 0 saturated heterocycles. The number of halogens is 1.